The number of alkyl halides is 1. The minimum atomic E-state index is -0.156. The van der Waals surface area contributed by atoms with Crippen LogP contribution < -0.4 is 0 Å². The first-order valence-electron chi connectivity index (χ1n) is 5.00. The zero-order chi connectivity index (χ0) is 12.3. The number of hydrogen-bond acceptors (Lipinski definition) is 3. The fraction of sp³-hybridized carbons (Fsp3) is 0.0769. The highest BCUT2D eigenvalue weighted by atomic mass is 35.5. The van der Waals surface area contributed by atoms with Crippen LogP contribution in [0.25, 0.3) is 16.5 Å². The molecule has 0 saturated carbocycles. The number of aliphatic hydroxyl groups excluding tert-OH is 1. The van der Waals surface area contributed by atoms with Crippen molar-refractivity contribution in [3.8, 4) is 6.07 Å². The van der Waals surface area contributed by atoms with Crippen molar-refractivity contribution in [1.29, 1.82) is 5.26 Å². The van der Waals surface area contributed by atoms with Crippen molar-refractivity contribution in [2.45, 2.75) is 0 Å². The Bertz CT molecular complexity index is 629. The van der Waals surface area contributed by atoms with Crippen LogP contribution >= 0.6 is 11.6 Å². The quantitative estimate of drug-likeness (QED) is 0.501. The van der Waals surface area contributed by atoms with Gasteiger partial charge in [0.1, 0.15) is 17.4 Å². The van der Waals surface area contributed by atoms with Gasteiger partial charge in [-0.05, 0) is 12.1 Å². The lowest BCUT2D eigenvalue weighted by Gasteiger charge is -2.03. The molecule has 84 valence electrons. The predicted molar refractivity (Wildman–Crippen MR) is 67.6 cm³/mol. The molecular weight excluding hydrogens is 236 g/mol. The summed E-state index contributed by atoms with van der Waals surface area (Å²) in [6.45, 7) is 0. The Kier molecular flexibility index (Phi) is 3.27. The number of aromatic nitrogens is 1. The molecule has 0 atom stereocenters. The molecule has 0 spiro atoms. The molecule has 3 nitrogen and oxygen atoms in total. The van der Waals surface area contributed by atoms with Gasteiger partial charge in [0.15, 0.2) is 0 Å². The molecule has 4 heteroatoms. The lowest BCUT2D eigenvalue weighted by molar-refractivity contribution is 0.419. The smallest absolute Gasteiger partial charge is 0.127 e. The fourth-order valence-corrected chi connectivity index (χ4v) is 1.68. The summed E-state index contributed by atoms with van der Waals surface area (Å²) in [4.78, 5) is 4.32. The Hall–Kier alpha value is -2.05. The Morgan fingerprint density at radius 2 is 2.06 bits per heavy atom. The summed E-state index contributed by atoms with van der Waals surface area (Å²) in [5.74, 6) is -0.255. The summed E-state index contributed by atoms with van der Waals surface area (Å²) in [6.07, 6.45) is 0. The Labute approximate surface area is 104 Å². The Balaban J connectivity index is 2.61. The van der Waals surface area contributed by atoms with Gasteiger partial charge in [0.05, 0.1) is 17.1 Å². The van der Waals surface area contributed by atoms with E-state index in [1.165, 1.54) is 0 Å². The lowest BCUT2D eigenvalue weighted by Crippen LogP contribution is -1.94. The zero-order valence-electron chi connectivity index (χ0n) is 8.89. The maximum atomic E-state index is 9.53. The number of nitrogens with zero attached hydrogens (tertiary/aromatic N) is 2. The van der Waals surface area contributed by atoms with Gasteiger partial charge in [-0.25, -0.2) is 4.98 Å². The van der Waals surface area contributed by atoms with E-state index >= 15 is 0 Å². The SMILES string of the molecule is N#C/C(=C(/O)CCl)c1ccc2ccccc2n1. The summed E-state index contributed by atoms with van der Waals surface area (Å²) >= 11 is 5.51. The first-order chi connectivity index (χ1) is 8.26. The summed E-state index contributed by atoms with van der Waals surface area (Å²) in [6, 6.07) is 13.0. The maximum absolute atomic E-state index is 9.53. The molecule has 2 aromatic rings. The number of rotatable bonds is 2. The zero-order valence-corrected chi connectivity index (χ0v) is 9.65. The molecule has 1 heterocycles. The number of aliphatic hydroxyl groups is 1. The highest BCUT2D eigenvalue weighted by molar-refractivity contribution is 6.19. The lowest BCUT2D eigenvalue weighted by atomic mass is 10.1. The Morgan fingerprint density at radius 3 is 2.76 bits per heavy atom. The number of fused-ring (bicyclic) bond motifs is 1. The van der Waals surface area contributed by atoms with Crippen molar-refractivity contribution in [2.24, 2.45) is 0 Å². The minimum Gasteiger partial charge on any atom is -0.510 e. The van der Waals surface area contributed by atoms with Crippen LogP contribution in [0.5, 0.6) is 0 Å². The maximum Gasteiger partial charge on any atom is 0.127 e. The van der Waals surface area contributed by atoms with Gasteiger partial charge in [-0.15, -0.1) is 11.6 Å². The third-order valence-electron chi connectivity index (χ3n) is 2.38. The van der Waals surface area contributed by atoms with Crippen LogP contribution in [0, 0.1) is 11.3 Å². The van der Waals surface area contributed by atoms with Crippen LogP contribution in [0.1, 0.15) is 5.69 Å². The molecule has 0 aliphatic heterocycles. The molecule has 0 saturated heterocycles. The number of halogens is 1. The van der Waals surface area contributed by atoms with E-state index in [2.05, 4.69) is 4.98 Å². The predicted octanol–water partition coefficient (Wildman–Crippen LogP) is 3.27. The van der Waals surface area contributed by atoms with Crippen molar-refractivity contribution in [3.05, 3.63) is 47.9 Å². The third-order valence-corrected chi connectivity index (χ3v) is 2.63. The number of pyridine rings is 1. The molecule has 0 radical (unpaired) electrons. The highest BCUT2D eigenvalue weighted by Gasteiger charge is 2.09. The van der Waals surface area contributed by atoms with E-state index in [9.17, 15) is 5.11 Å². The second kappa shape index (κ2) is 4.86. The van der Waals surface area contributed by atoms with Crippen molar-refractivity contribution < 1.29 is 5.11 Å². The standard InChI is InChI=1S/C13H9ClN2O/c14-7-13(17)10(8-15)12-6-5-9-3-1-2-4-11(9)16-12/h1-6,17H,7H2/b13-10-. The van der Waals surface area contributed by atoms with E-state index in [1.54, 1.807) is 6.07 Å². The van der Waals surface area contributed by atoms with Crippen molar-refractivity contribution in [3.63, 3.8) is 0 Å². The van der Waals surface area contributed by atoms with E-state index in [4.69, 9.17) is 16.9 Å². The number of allylic oxidation sites excluding steroid dienone is 2. The molecule has 1 N–H and O–H groups in total. The van der Waals surface area contributed by atoms with Gasteiger partial charge < -0.3 is 5.11 Å². The summed E-state index contributed by atoms with van der Waals surface area (Å²) in [5, 5.41) is 19.5. The number of para-hydroxylation sites is 1. The second-order valence-corrected chi connectivity index (χ2v) is 3.72. The molecular formula is C13H9ClN2O. The first-order valence-corrected chi connectivity index (χ1v) is 5.54. The fourth-order valence-electron chi connectivity index (χ4n) is 1.54. The molecule has 0 fully saturated rings. The van der Waals surface area contributed by atoms with Gasteiger partial charge in [0.25, 0.3) is 0 Å². The van der Waals surface area contributed by atoms with Gasteiger partial charge in [-0.3, -0.25) is 0 Å². The third kappa shape index (κ3) is 2.22. The number of benzene rings is 1. The summed E-state index contributed by atoms with van der Waals surface area (Å²) in [5.41, 5.74) is 1.33. The number of hydrogen-bond donors (Lipinski definition) is 1. The van der Waals surface area contributed by atoms with E-state index in [0.717, 1.165) is 10.9 Å². The molecule has 2 rings (SSSR count). The van der Waals surface area contributed by atoms with Crippen LogP contribution in [-0.4, -0.2) is 16.0 Å². The molecule has 0 aliphatic carbocycles. The van der Waals surface area contributed by atoms with E-state index < -0.39 is 0 Å². The second-order valence-electron chi connectivity index (χ2n) is 3.46. The van der Waals surface area contributed by atoms with Gasteiger partial charge in [-0.1, -0.05) is 24.3 Å². The minimum absolute atomic E-state index is 0.0998. The van der Waals surface area contributed by atoms with E-state index in [1.807, 2.05) is 36.4 Å². The Morgan fingerprint density at radius 1 is 1.29 bits per heavy atom. The van der Waals surface area contributed by atoms with Crippen LogP contribution in [0.15, 0.2) is 42.2 Å². The van der Waals surface area contributed by atoms with Crippen molar-refractivity contribution in [1.82, 2.24) is 4.98 Å². The van der Waals surface area contributed by atoms with E-state index in [0.29, 0.717) is 5.69 Å². The molecule has 17 heavy (non-hydrogen) atoms. The molecule has 0 unspecified atom stereocenters. The summed E-state index contributed by atoms with van der Waals surface area (Å²) in [7, 11) is 0. The average molecular weight is 245 g/mol. The molecule has 1 aromatic heterocycles. The molecule has 0 amide bonds. The largest absolute Gasteiger partial charge is 0.510 e. The van der Waals surface area contributed by atoms with Gasteiger partial charge in [-0.2, -0.15) is 5.26 Å². The van der Waals surface area contributed by atoms with Crippen LogP contribution in [0.2, 0.25) is 0 Å². The van der Waals surface area contributed by atoms with Crippen LogP contribution in [0.4, 0.5) is 0 Å². The average Bonchev–Trinajstić information content (AvgIpc) is 2.39. The van der Waals surface area contributed by atoms with Crippen LogP contribution in [0.3, 0.4) is 0 Å². The van der Waals surface area contributed by atoms with Gasteiger partial charge in [0.2, 0.25) is 0 Å². The van der Waals surface area contributed by atoms with Crippen molar-refractivity contribution in [2.75, 3.05) is 5.88 Å². The van der Waals surface area contributed by atoms with Crippen LogP contribution in [-0.2, 0) is 0 Å². The van der Waals surface area contributed by atoms with E-state index in [-0.39, 0.29) is 17.2 Å². The number of nitriles is 1. The molecule has 1 aromatic carbocycles. The van der Waals surface area contributed by atoms with Gasteiger partial charge >= 0.3 is 0 Å². The normalized spacial score (nSPS) is 12.0. The monoisotopic (exact) mass is 244 g/mol. The van der Waals surface area contributed by atoms with Gasteiger partial charge in [0, 0.05) is 5.39 Å². The molecule has 0 bridgehead atoms. The first kappa shape index (κ1) is 11.4. The van der Waals surface area contributed by atoms with Crippen molar-refractivity contribution >= 4 is 28.1 Å². The topological polar surface area (TPSA) is 56.9 Å². The molecule has 0 aliphatic rings. The summed E-state index contributed by atoms with van der Waals surface area (Å²) < 4.78 is 0. The highest BCUT2D eigenvalue weighted by Crippen LogP contribution is 2.19.